The largest absolute Gasteiger partial charge is 0.459 e. The van der Waals surface area contributed by atoms with Gasteiger partial charge in [0.05, 0.1) is 11.2 Å². The van der Waals surface area contributed by atoms with Crippen molar-refractivity contribution in [3.8, 4) is 0 Å². The summed E-state index contributed by atoms with van der Waals surface area (Å²) < 4.78 is 32.3. The van der Waals surface area contributed by atoms with Crippen molar-refractivity contribution in [3.05, 3.63) is 84.3 Å². The molecular formula is C24H25N3O5S. The van der Waals surface area contributed by atoms with E-state index in [0.29, 0.717) is 18.8 Å². The van der Waals surface area contributed by atoms with Crippen LogP contribution in [0, 0.1) is 0 Å². The summed E-state index contributed by atoms with van der Waals surface area (Å²) in [6.07, 6.45) is 3.32. The second-order valence-electron chi connectivity index (χ2n) is 7.82. The number of carbonyl (C=O) groups is 2. The fourth-order valence-electron chi connectivity index (χ4n) is 3.74. The quantitative estimate of drug-likeness (QED) is 0.529. The number of rotatable bonds is 8. The van der Waals surface area contributed by atoms with Gasteiger partial charge in [-0.15, -0.1) is 0 Å². The molecule has 172 valence electrons. The van der Waals surface area contributed by atoms with E-state index in [2.05, 4.69) is 10.6 Å². The van der Waals surface area contributed by atoms with Crippen LogP contribution in [-0.2, 0) is 21.2 Å². The predicted molar refractivity (Wildman–Crippen MR) is 123 cm³/mol. The second-order valence-corrected chi connectivity index (χ2v) is 9.76. The molecule has 0 radical (unpaired) electrons. The van der Waals surface area contributed by atoms with E-state index in [-0.39, 0.29) is 17.1 Å². The summed E-state index contributed by atoms with van der Waals surface area (Å²) in [6.45, 7) is 0.994. The summed E-state index contributed by atoms with van der Waals surface area (Å²) >= 11 is 0. The van der Waals surface area contributed by atoms with Crippen molar-refractivity contribution in [1.29, 1.82) is 0 Å². The number of benzene rings is 2. The van der Waals surface area contributed by atoms with E-state index < -0.39 is 27.9 Å². The van der Waals surface area contributed by atoms with Crippen LogP contribution >= 0.6 is 0 Å². The van der Waals surface area contributed by atoms with Crippen LogP contribution in [-0.4, -0.2) is 43.7 Å². The van der Waals surface area contributed by atoms with E-state index >= 15 is 0 Å². The van der Waals surface area contributed by atoms with Crippen LogP contribution in [0.3, 0.4) is 0 Å². The van der Waals surface area contributed by atoms with Gasteiger partial charge in [-0.25, -0.2) is 8.42 Å². The molecule has 2 amide bonds. The van der Waals surface area contributed by atoms with E-state index in [9.17, 15) is 18.0 Å². The fraction of sp³-hybridized carbons (Fsp3) is 0.250. The highest BCUT2D eigenvalue weighted by molar-refractivity contribution is 7.89. The molecule has 3 aromatic rings. The maximum atomic E-state index is 13.1. The molecule has 0 aliphatic carbocycles. The smallest absolute Gasteiger partial charge is 0.287 e. The first kappa shape index (κ1) is 22.8. The molecular weight excluding hydrogens is 442 g/mol. The van der Waals surface area contributed by atoms with Crippen LogP contribution in [0.2, 0.25) is 0 Å². The third-order valence-electron chi connectivity index (χ3n) is 5.45. The summed E-state index contributed by atoms with van der Waals surface area (Å²) in [4.78, 5) is 25.8. The molecule has 1 saturated heterocycles. The molecule has 4 rings (SSSR count). The Labute approximate surface area is 192 Å². The van der Waals surface area contributed by atoms with Gasteiger partial charge in [0.15, 0.2) is 5.76 Å². The average molecular weight is 468 g/mol. The highest BCUT2D eigenvalue weighted by Gasteiger charge is 2.28. The molecule has 0 bridgehead atoms. The molecule has 0 saturated carbocycles. The molecule has 9 heteroatoms. The Balaban J connectivity index is 1.53. The average Bonchev–Trinajstić information content (AvgIpc) is 3.54. The third-order valence-corrected chi connectivity index (χ3v) is 7.35. The van der Waals surface area contributed by atoms with E-state index in [1.807, 2.05) is 30.3 Å². The van der Waals surface area contributed by atoms with Crippen LogP contribution < -0.4 is 10.6 Å². The van der Waals surface area contributed by atoms with Gasteiger partial charge in [-0.2, -0.15) is 4.31 Å². The first-order valence-electron chi connectivity index (χ1n) is 10.7. The molecule has 2 aromatic carbocycles. The molecule has 1 atom stereocenters. The SMILES string of the molecule is O=C(NC(Cc1ccccc1)C(=O)Nc1cccc(S(=O)(=O)N2CCCC2)c1)c1ccco1. The number of amides is 2. The summed E-state index contributed by atoms with van der Waals surface area (Å²) in [6, 6.07) is 17.7. The minimum atomic E-state index is -3.61. The van der Waals surface area contributed by atoms with Crippen LogP contribution in [0.4, 0.5) is 5.69 Å². The Morgan fingerprint density at radius 1 is 0.970 bits per heavy atom. The van der Waals surface area contributed by atoms with E-state index in [4.69, 9.17) is 4.42 Å². The minimum absolute atomic E-state index is 0.0968. The van der Waals surface area contributed by atoms with Crippen LogP contribution in [0.5, 0.6) is 0 Å². The third kappa shape index (κ3) is 5.50. The van der Waals surface area contributed by atoms with Gasteiger partial charge in [0.25, 0.3) is 5.91 Å². The van der Waals surface area contributed by atoms with Crippen molar-refractivity contribution in [3.63, 3.8) is 0 Å². The zero-order chi connectivity index (χ0) is 23.3. The number of nitrogens with one attached hydrogen (secondary N) is 2. The van der Waals surface area contributed by atoms with Gasteiger partial charge < -0.3 is 15.1 Å². The second kappa shape index (κ2) is 10.0. The molecule has 8 nitrogen and oxygen atoms in total. The van der Waals surface area contributed by atoms with Gasteiger partial charge in [0, 0.05) is 25.2 Å². The first-order chi connectivity index (χ1) is 15.9. The molecule has 1 unspecified atom stereocenters. The zero-order valence-corrected chi connectivity index (χ0v) is 18.8. The molecule has 33 heavy (non-hydrogen) atoms. The van der Waals surface area contributed by atoms with E-state index in [1.54, 1.807) is 18.2 Å². The topological polar surface area (TPSA) is 109 Å². The van der Waals surface area contributed by atoms with Crippen LogP contribution in [0.25, 0.3) is 0 Å². The Hall–Kier alpha value is -3.43. The summed E-state index contributed by atoms with van der Waals surface area (Å²) in [7, 11) is -3.61. The molecule has 1 aromatic heterocycles. The van der Waals surface area contributed by atoms with Crippen molar-refractivity contribution in [2.24, 2.45) is 0 Å². The lowest BCUT2D eigenvalue weighted by Gasteiger charge is -2.19. The minimum Gasteiger partial charge on any atom is -0.459 e. The number of anilines is 1. The lowest BCUT2D eigenvalue weighted by molar-refractivity contribution is -0.118. The molecule has 2 N–H and O–H groups in total. The van der Waals surface area contributed by atoms with E-state index in [0.717, 1.165) is 18.4 Å². The van der Waals surface area contributed by atoms with Gasteiger partial charge in [-0.1, -0.05) is 36.4 Å². The number of nitrogens with zero attached hydrogens (tertiary/aromatic N) is 1. The highest BCUT2D eigenvalue weighted by Crippen LogP contribution is 2.23. The number of hydrogen-bond donors (Lipinski definition) is 2. The number of carbonyl (C=O) groups excluding carboxylic acids is 2. The molecule has 0 spiro atoms. The molecule has 1 aliphatic heterocycles. The van der Waals surface area contributed by atoms with Crippen molar-refractivity contribution in [1.82, 2.24) is 9.62 Å². The van der Waals surface area contributed by atoms with Crippen molar-refractivity contribution in [2.75, 3.05) is 18.4 Å². The predicted octanol–water partition coefficient (Wildman–Crippen LogP) is 3.04. The van der Waals surface area contributed by atoms with Crippen molar-refractivity contribution >= 4 is 27.5 Å². The van der Waals surface area contributed by atoms with Crippen LogP contribution in [0.15, 0.2) is 82.3 Å². The molecule has 2 heterocycles. The van der Waals surface area contributed by atoms with Crippen molar-refractivity contribution < 1.29 is 22.4 Å². The van der Waals surface area contributed by atoms with Gasteiger partial charge in [-0.3, -0.25) is 9.59 Å². The Kier molecular flexibility index (Phi) is 6.90. The standard InChI is InChI=1S/C24H25N3O5S/c28-23(25-19-10-6-11-20(17-19)33(30,31)27-13-4-5-14-27)21(16-18-8-2-1-3-9-18)26-24(29)22-12-7-15-32-22/h1-3,6-12,15,17,21H,4-5,13-14,16H2,(H,25,28)(H,26,29). The zero-order valence-electron chi connectivity index (χ0n) is 17.9. The lowest BCUT2D eigenvalue weighted by atomic mass is 10.0. The maximum absolute atomic E-state index is 13.1. The van der Waals surface area contributed by atoms with Gasteiger partial charge in [0.1, 0.15) is 6.04 Å². The normalized spacial score (nSPS) is 15.2. The Bertz CT molecular complexity index is 1200. The van der Waals surface area contributed by atoms with Crippen molar-refractivity contribution in [2.45, 2.75) is 30.2 Å². The number of hydrogen-bond acceptors (Lipinski definition) is 5. The number of furan rings is 1. The van der Waals surface area contributed by atoms with Gasteiger partial charge >= 0.3 is 0 Å². The van der Waals surface area contributed by atoms with Gasteiger partial charge in [0.2, 0.25) is 15.9 Å². The Morgan fingerprint density at radius 3 is 2.42 bits per heavy atom. The van der Waals surface area contributed by atoms with Crippen LogP contribution in [0.1, 0.15) is 29.0 Å². The molecule has 1 aliphatic rings. The summed E-state index contributed by atoms with van der Waals surface area (Å²) in [5.41, 5.74) is 1.20. The first-order valence-corrected chi connectivity index (χ1v) is 12.2. The monoisotopic (exact) mass is 467 g/mol. The van der Waals surface area contributed by atoms with Gasteiger partial charge in [-0.05, 0) is 48.7 Å². The maximum Gasteiger partial charge on any atom is 0.287 e. The highest BCUT2D eigenvalue weighted by atomic mass is 32.2. The summed E-state index contributed by atoms with van der Waals surface area (Å²) in [5.74, 6) is -0.879. The molecule has 1 fully saturated rings. The fourth-order valence-corrected chi connectivity index (χ4v) is 5.30. The number of sulfonamides is 1. The summed E-state index contributed by atoms with van der Waals surface area (Å²) in [5, 5.41) is 5.46. The lowest BCUT2D eigenvalue weighted by Crippen LogP contribution is -2.45. The Morgan fingerprint density at radius 2 is 1.73 bits per heavy atom. The van der Waals surface area contributed by atoms with E-state index in [1.165, 1.54) is 28.8 Å².